The Labute approximate surface area is 105 Å². The molecule has 0 bridgehead atoms. The molecule has 1 aromatic rings. The minimum absolute atomic E-state index is 0.0879. The number of carbonyl (C=O) groups excluding carboxylic acids is 1. The number of benzene rings is 1. The first kappa shape index (κ1) is 13.0. The van der Waals surface area contributed by atoms with Crippen molar-refractivity contribution in [3.63, 3.8) is 0 Å². The van der Waals surface area contributed by atoms with E-state index in [0.717, 1.165) is 5.56 Å². The Morgan fingerprint density at radius 2 is 2.11 bits per heavy atom. The third-order valence-electron chi connectivity index (χ3n) is 3.15. The van der Waals surface area contributed by atoms with Gasteiger partial charge in [0.25, 0.3) is 0 Å². The van der Waals surface area contributed by atoms with Crippen molar-refractivity contribution in [1.29, 1.82) is 0 Å². The first-order valence-corrected chi connectivity index (χ1v) is 5.93. The summed E-state index contributed by atoms with van der Waals surface area (Å²) < 4.78 is 26.4. The van der Waals surface area contributed by atoms with Crippen LogP contribution in [0.15, 0.2) is 24.3 Å². The zero-order valence-corrected chi connectivity index (χ0v) is 9.90. The highest BCUT2D eigenvalue weighted by molar-refractivity contribution is 5.48. The van der Waals surface area contributed by atoms with Crippen LogP contribution in [-0.4, -0.2) is 36.6 Å². The molecular formula is C13H15F2N2O. The van der Waals surface area contributed by atoms with Gasteiger partial charge in [0.15, 0.2) is 0 Å². The van der Waals surface area contributed by atoms with Crippen LogP contribution in [0.4, 0.5) is 8.78 Å². The Morgan fingerprint density at radius 1 is 1.39 bits per heavy atom. The van der Waals surface area contributed by atoms with Gasteiger partial charge in [-0.1, -0.05) is 12.1 Å². The van der Waals surface area contributed by atoms with E-state index in [-0.39, 0.29) is 18.4 Å². The lowest BCUT2D eigenvalue weighted by Crippen LogP contribution is -2.50. The summed E-state index contributed by atoms with van der Waals surface area (Å²) >= 11 is 0. The molecule has 1 N–H and O–H groups in total. The number of piperidine rings is 1. The summed E-state index contributed by atoms with van der Waals surface area (Å²) in [5, 5.41) is 3.10. The van der Waals surface area contributed by atoms with Crippen LogP contribution in [-0.2, 0) is 11.3 Å². The van der Waals surface area contributed by atoms with Gasteiger partial charge >= 0.3 is 6.41 Å². The van der Waals surface area contributed by atoms with Crippen molar-refractivity contribution in [2.45, 2.75) is 25.2 Å². The van der Waals surface area contributed by atoms with Gasteiger partial charge in [-0.25, -0.2) is 8.78 Å². The monoisotopic (exact) mass is 253 g/mol. The van der Waals surface area contributed by atoms with Gasteiger partial charge < -0.3 is 10.2 Å². The van der Waals surface area contributed by atoms with Crippen LogP contribution >= 0.6 is 0 Å². The van der Waals surface area contributed by atoms with Crippen LogP contribution < -0.4 is 5.32 Å². The zero-order chi connectivity index (χ0) is 13.0. The van der Waals surface area contributed by atoms with Crippen molar-refractivity contribution < 1.29 is 13.6 Å². The average Bonchev–Trinajstić information content (AvgIpc) is 2.39. The van der Waals surface area contributed by atoms with Gasteiger partial charge in [0.05, 0.1) is 6.54 Å². The van der Waals surface area contributed by atoms with Crippen molar-refractivity contribution in [2.75, 3.05) is 13.1 Å². The van der Waals surface area contributed by atoms with E-state index in [0.29, 0.717) is 19.5 Å². The lowest BCUT2D eigenvalue weighted by Gasteiger charge is -2.32. The molecule has 2 atom stereocenters. The van der Waals surface area contributed by atoms with Gasteiger partial charge in [-0.15, -0.1) is 0 Å². The standard InChI is InChI=1S/C13H15F2N2O/c14-11-3-1-10(2-4-11)7-16-13-5-6-17(9-18)8-12(13)15/h1-4,12-13,16H,5-8H2/t12-,13+/m1/s1. The first-order chi connectivity index (χ1) is 8.69. The molecule has 0 saturated carbocycles. The molecule has 1 radical (unpaired) electrons. The number of amides is 1. The van der Waals surface area contributed by atoms with Crippen molar-refractivity contribution in [1.82, 2.24) is 10.2 Å². The molecule has 3 nitrogen and oxygen atoms in total. The van der Waals surface area contributed by atoms with Crippen molar-refractivity contribution in [2.24, 2.45) is 0 Å². The van der Waals surface area contributed by atoms with E-state index in [4.69, 9.17) is 0 Å². The summed E-state index contributed by atoms with van der Waals surface area (Å²) in [5.74, 6) is -0.281. The first-order valence-electron chi connectivity index (χ1n) is 5.93. The molecule has 0 spiro atoms. The molecule has 5 heteroatoms. The summed E-state index contributed by atoms with van der Waals surface area (Å²) in [6, 6.07) is 5.84. The van der Waals surface area contributed by atoms with Crippen LogP contribution in [0.2, 0.25) is 0 Å². The Hall–Kier alpha value is -1.49. The Balaban J connectivity index is 1.83. The fourth-order valence-corrected chi connectivity index (χ4v) is 2.07. The molecule has 1 amide bonds. The van der Waals surface area contributed by atoms with Crippen LogP contribution in [0.1, 0.15) is 12.0 Å². The molecule has 0 aromatic heterocycles. The van der Waals surface area contributed by atoms with Crippen molar-refractivity contribution >= 4 is 6.41 Å². The Bertz CT molecular complexity index is 396. The largest absolute Gasteiger partial charge is 0.331 e. The SMILES string of the molecule is O=[C]N1CC[C@H](NCc2ccc(F)cc2)[C@H](F)C1. The molecule has 18 heavy (non-hydrogen) atoms. The van der Waals surface area contributed by atoms with E-state index in [1.807, 2.05) is 0 Å². The van der Waals surface area contributed by atoms with E-state index in [9.17, 15) is 13.6 Å². The molecule has 1 fully saturated rings. The summed E-state index contributed by atoms with van der Waals surface area (Å²) in [6.07, 6.45) is 1.19. The number of rotatable bonds is 4. The van der Waals surface area contributed by atoms with Gasteiger partial charge in [-0.3, -0.25) is 4.79 Å². The highest BCUT2D eigenvalue weighted by Gasteiger charge is 2.28. The number of likely N-dealkylation sites (tertiary alicyclic amines) is 1. The normalized spacial score (nSPS) is 24.0. The molecule has 2 rings (SSSR count). The maximum Gasteiger partial charge on any atom is 0.312 e. The number of alkyl halides is 1. The average molecular weight is 253 g/mol. The lowest BCUT2D eigenvalue weighted by atomic mass is 10.0. The highest BCUT2D eigenvalue weighted by atomic mass is 19.1. The van der Waals surface area contributed by atoms with Gasteiger partial charge in [0, 0.05) is 19.1 Å². The maximum atomic E-state index is 13.7. The summed E-state index contributed by atoms with van der Waals surface area (Å²) in [5.41, 5.74) is 0.910. The van der Waals surface area contributed by atoms with E-state index in [1.54, 1.807) is 18.5 Å². The van der Waals surface area contributed by atoms with Gasteiger partial charge in [-0.05, 0) is 24.1 Å². The molecule has 0 unspecified atom stereocenters. The Morgan fingerprint density at radius 3 is 2.72 bits per heavy atom. The van der Waals surface area contributed by atoms with Crippen LogP contribution in [0.3, 0.4) is 0 Å². The highest BCUT2D eigenvalue weighted by Crippen LogP contribution is 2.13. The third-order valence-corrected chi connectivity index (χ3v) is 3.15. The second-order valence-corrected chi connectivity index (χ2v) is 4.46. The van der Waals surface area contributed by atoms with Gasteiger partial charge in [0.1, 0.15) is 12.0 Å². The smallest absolute Gasteiger partial charge is 0.312 e. The molecule has 1 saturated heterocycles. The fraction of sp³-hybridized carbons (Fsp3) is 0.462. The summed E-state index contributed by atoms with van der Waals surface area (Å²) in [7, 11) is 0. The minimum Gasteiger partial charge on any atom is -0.331 e. The molecule has 97 valence electrons. The fourth-order valence-electron chi connectivity index (χ4n) is 2.07. The second-order valence-electron chi connectivity index (χ2n) is 4.46. The number of hydrogen-bond acceptors (Lipinski definition) is 2. The maximum absolute atomic E-state index is 13.7. The van der Waals surface area contributed by atoms with Crippen molar-refractivity contribution in [3.05, 3.63) is 35.6 Å². The van der Waals surface area contributed by atoms with Gasteiger partial charge in [-0.2, -0.15) is 0 Å². The predicted octanol–water partition coefficient (Wildman–Crippen LogP) is 1.39. The van der Waals surface area contributed by atoms with Crippen LogP contribution in [0, 0.1) is 5.82 Å². The molecular weight excluding hydrogens is 238 g/mol. The molecule has 1 aliphatic rings. The number of hydrogen-bond donors (Lipinski definition) is 1. The molecule has 1 aromatic carbocycles. The Kier molecular flexibility index (Phi) is 4.25. The quantitative estimate of drug-likeness (QED) is 0.879. The molecule has 1 heterocycles. The number of nitrogens with zero attached hydrogens (tertiary/aromatic N) is 1. The number of nitrogens with one attached hydrogen (secondary N) is 1. The zero-order valence-electron chi connectivity index (χ0n) is 9.90. The predicted molar refractivity (Wildman–Crippen MR) is 63.8 cm³/mol. The molecule has 1 aliphatic heterocycles. The van der Waals surface area contributed by atoms with E-state index in [1.165, 1.54) is 17.0 Å². The number of halogens is 2. The van der Waals surface area contributed by atoms with Crippen molar-refractivity contribution in [3.8, 4) is 0 Å². The minimum atomic E-state index is -1.08. The summed E-state index contributed by atoms with van der Waals surface area (Å²) in [4.78, 5) is 11.7. The topological polar surface area (TPSA) is 32.3 Å². The van der Waals surface area contributed by atoms with Crippen LogP contribution in [0.25, 0.3) is 0 Å². The van der Waals surface area contributed by atoms with Gasteiger partial charge in [0.2, 0.25) is 0 Å². The van der Waals surface area contributed by atoms with E-state index >= 15 is 0 Å². The molecule has 0 aliphatic carbocycles. The van der Waals surface area contributed by atoms with E-state index in [2.05, 4.69) is 5.32 Å². The lowest BCUT2D eigenvalue weighted by molar-refractivity contribution is 0.144. The van der Waals surface area contributed by atoms with Crippen LogP contribution in [0.5, 0.6) is 0 Å². The third kappa shape index (κ3) is 3.26. The summed E-state index contributed by atoms with van der Waals surface area (Å²) in [6.45, 7) is 1.10. The van der Waals surface area contributed by atoms with E-state index < -0.39 is 6.17 Å². The second kappa shape index (κ2) is 5.91.